The molecule has 8 nitrogen and oxygen atoms in total. The number of amides is 2. The lowest BCUT2D eigenvalue weighted by Crippen LogP contribution is -2.50. The number of piperazine rings is 1. The van der Waals surface area contributed by atoms with E-state index >= 15 is 0 Å². The van der Waals surface area contributed by atoms with Crippen molar-refractivity contribution in [2.45, 2.75) is 6.92 Å². The SMILES string of the molecule is C=CCOC(=O)N1CCN(C(=O)c2ccc(OC(=O)OCC)cc2)CC1. The second-order valence-electron chi connectivity index (χ2n) is 5.45. The van der Waals surface area contributed by atoms with Gasteiger partial charge in [-0.1, -0.05) is 12.7 Å². The van der Waals surface area contributed by atoms with E-state index in [1.165, 1.54) is 18.2 Å². The maximum Gasteiger partial charge on any atom is 0.513 e. The van der Waals surface area contributed by atoms with Crippen LogP contribution in [0, 0.1) is 0 Å². The Bertz CT molecular complexity index is 650. The topological polar surface area (TPSA) is 85.4 Å². The Labute approximate surface area is 151 Å². The molecule has 1 heterocycles. The van der Waals surface area contributed by atoms with Crippen LogP contribution in [0.2, 0.25) is 0 Å². The van der Waals surface area contributed by atoms with E-state index in [2.05, 4.69) is 11.3 Å². The first-order valence-electron chi connectivity index (χ1n) is 8.31. The average molecular weight is 362 g/mol. The molecule has 0 aliphatic carbocycles. The molecule has 2 rings (SSSR count). The largest absolute Gasteiger partial charge is 0.513 e. The van der Waals surface area contributed by atoms with Gasteiger partial charge in [0.2, 0.25) is 0 Å². The average Bonchev–Trinajstić information content (AvgIpc) is 2.66. The molecule has 1 aromatic rings. The van der Waals surface area contributed by atoms with Crippen LogP contribution in [0.1, 0.15) is 17.3 Å². The third-order valence-electron chi connectivity index (χ3n) is 3.71. The molecule has 1 fully saturated rings. The zero-order valence-corrected chi connectivity index (χ0v) is 14.7. The highest BCUT2D eigenvalue weighted by molar-refractivity contribution is 5.94. The second kappa shape index (κ2) is 9.45. The van der Waals surface area contributed by atoms with E-state index in [0.29, 0.717) is 37.5 Å². The second-order valence-corrected chi connectivity index (χ2v) is 5.45. The smallest absolute Gasteiger partial charge is 0.445 e. The summed E-state index contributed by atoms with van der Waals surface area (Å²) in [5, 5.41) is 0. The molecule has 0 N–H and O–H groups in total. The fourth-order valence-electron chi connectivity index (χ4n) is 2.41. The number of hydrogen-bond donors (Lipinski definition) is 0. The Balaban J connectivity index is 1.87. The molecule has 8 heteroatoms. The van der Waals surface area contributed by atoms with Crippen LogP contribution in [0.4, 0.5) is 9.59 Å². The van der Waals surface area contributed by atoms with Crippen molar-refractivity contribution in [1.82, 2.24) is 9.80 Å². The molecule has 1 aliphatic rings. The first-order valence-corrected chi connectivity index (χ1v) is 8.31. The van der Waals surface area contributed by atoms with Crippen LogP contribution in [0.3, 0.4) is 0 Å². The lowest BCUT2D eigenvalue weighted by molar-refractivity contribution is 0.0581. The maximum absolute atomic E-state index is 12.5. The Hall–Kier alpha value is -3.03. The van der Waals surface area contributed by atoms with Crippen molar-refractivity contribution >= 4 is 18.2 Å². The molecule has 1 saturated heterocycles. The van der Waals surface area contributed by atoms with E-state index in [1.54, 1.807) is 28.9 Å². The van der Waals surface area contributed by atoms with Crippen molar-refractivity contribution in [3.63, 3.8) is 0 Å². The minimum Gasteiger partial charge on any atom is -0.445 e. The quantitative estimate of drug-likeness (QED) is 0.454. The predicted molar refractivity (Wildman–Crippen MR) is 93.1 cm³/mol. The van der Waals surface area contributed by atoms with Crippen LogP contribution < -0.4 is 4.74 Å². The van der Waals surface area contributed by atoms with Crippen LogP contribution in [-0.4, -0.2) is 67.3 Å². The molecule has 0 radical (unpaired) electrons. The number of hydrogen-bond acceptors (Lipinski definition) is 6. The predicted octanol–water partition coefficient (Wildman–Crippen LogP) is 2.30. The molecule has 0 atom stereocenters. The zero-order chi connectivity index (χ0) is 18.9. The van der Waals surface area contributed by atoms with Gasteiger partial charge in [-0.25, -0.2) is 9.59 Å². The normalized spacial score (nSPS) is 13.7. The zero-order valence-electron chi connectivity index (χ0n) is 14.7. The van der Waals surface area contributed by atoms with E-state index in [0.717, 1.165) is 0 Å². The highest BCUT2D eigenvalue weighted by Gasteiger charge is 2.25. The molecule has 140 valence electrons. The summed E-state index contributed by atoms with van der Waals surface area (Å²) in [7, 11) is 0. The first kappa shape index (κ1) is 19.3. The Morgan fingerprint density at radius 1 is 1.04 bits per heavy atom. The van der Waals surface area contributed by atoms with Gasteiger partial charge in [-0.2, -0.15) is 0 Å². The monoisotopic (exact) mass is 362 g/mol. The van der Waals surface area contributed by atoms with Crippen molar-refractivity contribution in [1.29, 1.82) is 0 Å². The number of ether oxygens (including phenoxy) is 3. The summed E-state index contributed by atoms with van der Waals surface area (Å²) >= 11 is 0. The van der Waals surface area contributed by atoms with Crippen LogP contribution in [0.25, 0.3) is 0 Å². The van der Waals surface area contributed by atoms with E-state index in [9.17, 15) is 14.4 Å². The summed E-state index contributed by atoms with van der Waals surface area (Å²) in [4.78, 5) is 38.8. The third kappa shape index (κ3) is 5.23. The van der Waals surface area contributed by atoms with Crippen molar-refractivity contribution in [2.24, 2.45) is 0 Å². The molecule has 0 saturated carbocycles. The fourth-order valence-corrected chi connectivity index (χ4v) is 2.41. The fraction of sp³-hybridized carbons (Fsp3) is 0.389. The molecule has 2 amide bonds. The molecule has 1 aromatic carbocycles. The van der Waals surface area contributed by atoms with Gasteiger partial charge in [0.25, 0.3) is 5.91 Å². The van der Waals surface area contributed by atoms with Crippen LogP contribution in [0.5, 0.6) is 5.75 Å². The summed E-state index contributed by atoms with van der Waals surface area (Å²) in [6.07, 6.45) is 0.316. The van der Waals surface area contributed by atoms with E-state index in [4.69, 9.17) is 9.47 Å². The molecule has 1 aliphatic heterocycles. The molecule has 0 unspecified atom stereocenters. The standard InChI is InChI=1S/C18H22N2O6/c1-3-13-25-17(22)20-11-9-19(10-12-20)16(21)14-5-7-15(8-6-14)26-18(23)24-4-2/h3,5-8H,1,4,9-13H2,2H3. The van der Waals surface area contributed by atoms with Gasteiger partial charge in [0.15, 0.2) is 0 Å². The van der Waals surface area contributed by atoms with Gasteiger partial charge in [0, 0.05) is 31.7 Å². The van der Waals surface area contributed by atoms with Crippen molar-refractivity contribution < 1.29 is 28.6 Å². The maximum atomic E-state index is 12.5. The lowest BCUT2D eigenvalue weighted by atomic mass is 10.1. The Morgan fingerprint density at radius 2 is 1.65 bits per heavy atom. The summed E-state index contributed by atoms with van der Waals surface area (Å²) in [5.41, 5.74) is 0.476. The van der Waals surface area contributed by atoms with Gasteiger partial charge in [-0.15, -0.1) is 0 Å². The van der Waals surface area contributed by atoms with Crippen LogP contribution >= 0.6 is 0 Å². The van der Waals surface area contributed by atoms with Gasteiger partial charge in [-0.05, 0) is 31.2 Å². The molecular formula is C18H22N2O6. The van der Waals surface area contributed by atoms with Gasteiger partial charge >= 0.3 is 12.2 Å². The molecule has 0 bridgehead atoms. The van der Waals surface area contributed by atoms with E-state index in [-0.39, 0.29) is 19.1 Å². The van der Waals surface area contributed by atoms with Gasteiger partial charge < -0.3 is 24.0 Å². The third-order valence-corrected chi connectivity index (χ3v) is 3.71. The van der Waals surface area contributed by atoms with Crippen molar-refractivity contribution in [3.05, 3.63) is 42.5 Å². The number of rotatable bonds is 5. The number of carbonyl (C=O) groups excluding carboxylic acids is 3. The minimum atomic E-state index is -0.786. The highest BCUT2D eigenvalue weighted by atomic mass is 16.7. The Kier molecular flexibility index (Phi) is 7.02. The van der Waals surface area contributed by atoms with Crippen LogP contribution in [0.15, 0.2) is 36.9 Å². The molecule has 0 spiro atoms. The van der Waals surface area contributed by atoms with Crippen molar-refractivity contribution in [2.75, 3.05) is 39.4 Å². The molecular weight excluding hydrogens is 340 g/mol. The van der Waals surface area contributed by atoms with Crippen LogP contribution in [-0.2, 0) is 9.47 Å². The highest BCUT2D eigenvalue weighted by Crippen LogP contribution is 2.15. The number of nitrogens with zero attached hydrogens (tertiary/aromatic N) is 2. The summed E-state index contributed by atoms with van der Waals surface area (Å²) in [6, 6.07) is 6.24. The van der Waals surface area contributed by atoms with Crippen molar-refractivity contribution in [3.8, 4) is 5.75 Å². The summed E-state index contributed by atoms with van der Waals surface area (Å²) in [6.45, 7) is 7.22. The molecule has 0 aromatic heterocycles. The minimum absolute atomic E-state index is 0.146. The summed E-state index contributed by atoms with van der Waals surface area (Å²) < 4.78 is 14.6. The number of benzene rings is 1. The van der Waals surface area contributed by atoms with Gasteiger partial charge in [0.1, 0.15) is 12.4 Å². The number of carbonyl (C=O) groups is 3. The lowest BCUT2D eigenvalue weighted by Gasteiger charge is -2.34. The van der Waals surface area contributed by atoms with E-state index < -0.39 is 12.2 Å². The Morgan fingerprint density at radius 3 is 2.23 bits per heavy atom. The van der Waals surface area contributed by atoms with E-state index in [1.807, 2.05) is 0 Å². The van der Waals surface area contributed by atoms with Gasteiger partial charge in [0.05, 0.1) is 6.61 Å². The summed E-state index contributed by atoms with van der Waals surface area (Å²) in [5.74, 6) is 0.154. The van der Waals surface area contributed by atoms with Gasteiger partial charge in [-0.3, -0.25) is 4.79 Å². The molecule has 26 heavy (non-hydrogen) atoms. The first-order chi connectivity index (χ1) is 12.5.